The highest BCUT2D eigenvalue weighted by Gasteiger charge is 2.22. The molecule has 6 heteroatoms. The van der Waals surface area contributed by atoms with Gasteiger partial charge in [-0.2, -0.15) is 8.42 Å². The van der Waals surface area contributed by atoms with Crippen LogP contribution in [0.25, 0.3) is 6.08 Å². The summed E-state index contributed by atoms with van der Waals surface area (Å²) < 4.78 is 37.5. The quantitative estimate of drug-likeness (QED) is 0.672. The number of allylic oxidation sites excluding steroid dienone is 1. The molecule has 0 aliphatic rings. The lowest BCUT2D eigenvalue weighted by Crippen LogP contribution is -2.08. The van der Waals surface area contributed by atoms with E-state index in [9.17, 15) is 17.8 Å². The van der Waals surface area contributed by atoms with Crippen LogP contribution in [-0.2, 0) is 10.1 Å². The highest BCUT2D eigenvalue weighted by molar-refractivity contribution is 7.86. The number of ether oxygens (including phenoxy) is 1. The van der Waals surface area contributed by atoms with E-state index in [1.54, 1.807) is 49.4 Å². The van der Waals surface area contributed by atoms with Gasteiger partial charge in [-0.25, -0.2) is 0 Å². The number of ketones is 1. The van der Waals surface area contributed by atoms with E-state index < -0.39 is 15.0 Å². The number of methoxy groups -OCH3 is 1. The number of hydrogen-bond donors (Lipinski definition) is 1. The predicted molar refractivity (Wildman–Crippen MR) is 87.4 cm³/mol. The molecule has 0 saturated carbocycles. The van der Waals surface area contributed by atoms with Gasteiger partial charge in [-0.15, -0.1) is 0 Å². The van der Waals surface area contributed by atoms with Gasteiger partial charge in [0, 0.05) is 11.1 Å². The van der Waals surface area contributed by atoms with Gasteiger partial charge in [0.2, 0.25) is 0 Å². The van der Waals surface area contributed by atoms with Gasteiger partial charge in [-0.3, -0.25) is 9.35 Å². The van der Waals surface area contributed by atoms with Crippen LogP contribution in [0.2, 0.25) is 0 Å². The fourth-order valence-electron chi connectivity index (χ4n) is 2.20. The number of carbonyl (C=O) groups is 1. The Balaban J connectivity index is 2.73. The number of hydrogen-bond acceptors (Lipinski definition) is 4. The van der Waals surface area contributed by atoms with E-state index >= 15 is 0 Å². The third-order valence-corrected chi connectivity index (χ3v) is 4.12. The van der Waals surface area contributed by atoms with Gasteiger partial charge in [0.05, 0.1) is 7.11 Å². The van der Waals surface area contributed by atoms with E-state index in [0.717, 1.165) is 6.07 Å². The Morgan fingerprint density at radius 2 is 1.83 bits per heavy atom. The molecule has 0 aromatic heterocycles. The Hall–Kier alpha value is -2.44. The van der Waals surface area contributed by atoms with Crippen molar-refractivity contribution < 1.29 is 22.5 Å². The van der Waals surface area contributed by atoms with Crippen molar-refractivity contribution in [2.75, 3.05) is 7.11 Å². The smallest absolute Gasteiger partial charge is 0.298 e. The first-order valence-electron chi connectivity index (χ1n) is 6.80. The van der Waals surface area contributed by atoms with Crippen LogP contribution < -0.4 is 4.74 Å². The molecule has 0 radical (unpaired) electrons. The minimum atomic E-state index is -4.52. The van der Waals surface area contributed by atoms with Crippen molar-refractivity contribution in [3.63, 3.8) is 0 Å². The van der Waals surface area contributed by atoms with Gasteiger partial charge in [0.15, 0.2) is 5.78 Å². The highest BCUT2D eigenvalue weighted by atomic mass is 32.2. The van der Waals surface area contributed by atoms with Gasteiger partial charge >= 0.3 is 0 Å². The van der Waals surface area contributed by atoms with Gasteiger partial charge in [-0.1, -0.05) is 42.5 Å². The van der Waals surface area contributed by atoms with E-state index in [2.05, 4.69) is 0 Å². The summed E-state index contributed by atoms with van der Waals surface area (Å²) in [5.41, 5.74) is 1.10. The molecule has 23 heavy (non-hydrogen) atoms. The Bertz CT molecular complexity index is 852. The average molecular weight is 332 g/mol. The summed E-state index contributed by atoms with van der Waals surface area (Å²) >= 11 is 0. The molecule has 0 atom stereocenters. The van der Waals surface area contributed by atoms with Crippen LogP contribution in [0.15, 0.2) is 53.4 Å². The Morgan fingerprint density at radius 1 is 1.17 bits per heavy atom. The van der Waals surface area contributed by atoms with E-state index in [0.29, 0.717) is 11.1 Å². The van der Waals surface area contributed by atoms with Gasteiger partial charge in [0.1, 0.15) is 10.6 Å². The monoisotopic (exact) mass is 332 g/mol. The molecule has 0 aliphatic heterocycles. The summed E-state index contributed by atoms with van der Waals surface area (Å²) in [6.07, 6.45) is 3.40. The predicted octanol–water partition coefficient (Wildman–Crippen LogP) is 3.21. The van der Waals surface area contributed by atoms with Crippen LogP contribution in [0.1, 0.15) is 28.4 Å². The minimum Gasteiger partial charge on any atom is -0.495 e. The van der Waals surface area contributed by atoms with Gasteiger partial charge < -0.3 is 4.74 Å². The first-order chi connectivity index (χ1) is 10.9. The SMILES string of the molecule is C/C=C\c1cc(OC)c(S(=O)(=O)O)cc1C(=O)c1ccccc1. The third kappa shape index (κ3) is 3.67. The average Bonchev–Trinajstić information content (AvgIpc) is 2.54. The Kier molecular flexibility index (Phi) is 4.98. The maximum absolute atomic E-state index is 12.7. The van der Waals surface area contributed by atoms with E-state index in [1.165, 1.54) is 13.2 Å². The van der Waals surface area contributed by atoms with Crippen LogP contribution >= 0.6 is 0 Å². The lowest BCUT2D eigenvalue weighted by atomic mass is 9.97. The molecule has 0 unspecified atom stereocenters. The lowest BCUT2D eigenvalue weighted by molar-refractivity contribution is 0.103. The summed E-state index contributed by atoms with van der Waals surface area (Å²) in [6.45, 7) is 1.78. The lowest BCUT2D eigenvalue weighted by Gasteiger charge is -2.12. The molecule has 0 amide bonds. The Labute approximate surface area is 135 Å². The van der Waals surface area contributed by atoms with Gasteiger partial charge in [0.25, 0.3) is 10.1 Å². The number of carbonyl (C=O) groups excluding carboxylic acids is 1. The summed E-state index contributed by atoms with van der Waals surface area (Å²) in [5, 5.41) is 0. The normalized spacial score (nSPS) is 11.6. The molecular formula is C17H16O5S. The van der Waals surface area contributed by atoms with Crippen molar-refractivity contribution in [1.29, 1.82) is 0 Å². The van der Waals surface area contributed by atoms with E-state index in [-0.39, 0.29) is 17.1 Å². The van der Waals surface area contributed by atoms with Crippen LogP contribution in [0.4, 0.5) is 0 Å². The summed E-state index contributed by atoms with van der Waals surface area (Å²) in [6, 6.07) is 11.0. The van der Waals surface area contributed by atoms with Crippen LogP contribution in [0.5, 0.6) is 5.75 Å². The third-order valence-electron chi connectivity index (χ3n) is 3.24. The van der Waals surface area contributed by atoms with Crippen molar-refractivity contribution in [3.8, 4) is 5.75 Å². The molecule has 5 nitrogen and oxygen atoms in total. The zero-order valence-electron chi connectivity index (χ0n) is 12.7. The van der Waals surface area contributed by atoms with Crippen molar-refractivity contribution in [2.24, 2.45) is 0 Å². The molecule has 0 aliphatic carbocycles. The Morgan fingerprint density at radius 3 is 2.35 bits per heavy atom. The first kappa shape index (κ1) is 16.9. The molecule has 0 spiro atoms. The number of benzene rings is 2. The number of rotatable bonds is 5. The molecule has 0 fully saturated rings. The molecule has 120 valence electrons. The van der Waals surface area contributed by atoms with Crippen LogP contribution in [0.3, 0.4) is 0 Å². The molecule has 1 N–H and O–H groups in total. The fourth-order valence-corrected chi connectivity index (χ4v) is 2.86. The standard InChI is InChI=1S/C17H16O5S/c1-3-7-13-10-15(22-2)16(23(19,20)21)11-14(13)17(18)12-8-5-4-6-9-12/h3-11H,1-2H3,(H,19,20,21)/b7-3-. The van der Waals surface area contributed by atoms with Crippen LogP contribution in [-0.4, -0.2) is 25.9 Å². The molecule has 2 rings (SSSR count). The van der Waals surface area contributed by atoms with Crippen LogP contribution in [0, 0.1) is 0 Å². The second-order valence-electron chi connectivity index (χ2n) is 4.76. The summed E-state index contributed by atoms with van der Waals surface area (Å²) in [4.78, 5) is 12.2. The fraction of sp³-hybridized carbons (Fsp3) is 0.118. The van der Waals surface area contributed by atoms with Crippen molar-refractivity contribution >= 4 is 22.0 Å². The molecule has 2 aromatic carbocycles. The maximum atomic E-state index is 12.7. The van der Waals surface area contributed by atoms with E-state index in [1.807, 2.05) is 0 Å². The highest BCUT2D eigenvalue weighted by Crippen LogP contribution is 2.30. The first-order valence-corrected chi connectivity index (χ1v) is 8.24. The summed E-state index contributed by atoms with van der Waals surface area (Å²) in [7, 11) is -3.22. The molecule has 2 aromatic rings. The second kappa shape index (κ2) is 6.76. The zero-order chi connectivity index (χ0) is 17.0. The minimum absolute atomic E-state index is 0.0230. The molecule has 0 heterocycles. The van der Waals surface area contributed by atoms with E-state index in [4.69, 9.17) is 4.74 Å². The zero-order valence-corrected chi connectivity index (χ0v) is 13.5. The summed E-state index contributed by atoms with van der Waals surface area (Å²) in [5.74, 6) is -0.364. The molecule has 0 bridgehead atoms. The maximum Gasteiger partial charge on any atom is 0.298 e. The largest absolute Gasteiger partial charge is 0.495 e. The molecular weight excluding hydrogens is 316 g/mol. The van der Waals surface area contributed by atoms with Gasteiger partial charge in [-0.05, 0) is 24.6 Å². The second-order valence-corrected chi connectivity index (χ2v) is 6.15. The molecule has 0 saturated heterocycles. The van der Waals surface area contributed by atoms with Crippen molar-refractivity contribution in [1.82, 2.24) is 0 Å². The van der Waals surface area contributed by atoms with Crippen molar-refractivity contribution in [3.05, 3.63) is 65.2 Å². The van der Waals surface area contributed by atoms with Crippen molar-refractivity contribution in [2.45, 2.75) is 11.8 Å². The topological polar surface area (TPSA) is 80.7 Å².